The average molecular weight is 303 g/mol. The standard InChI is InChI=1S/C16H25N5O/c1-17-16(20-12-14-8-4-5-10-18-14)19-11-9-15(22)21-13-6-2-3-7-13/h4-5,8,10,13H,2-3,6-7,9,11-12H2,1H3,(H,21,22)(H2,17,19,20). The number of aromatic nitrogens is 1. The maximum absolute atomic E-state index is 11.8. The second-order valence-electron chi connectivity index (χ2n) is 5.47. The van der Waals surface area contributed by atoms with Gasteiger partial charge in [-0.15, -0.1) is 0 Å². The van der Waals surface area contributed by atoms with Gasteiger partial charge in [-0.3, -0.25) is 14.8 Å². The molecule has 0 unspecified atom stereocenters. The number of hydrogen-bond acceptors (Lipinski definition) is 3. The number of nitrogens with zero attached hydrogens (tertiary/aromatic N) is 2. The molecule has 1 aromatic rings. The van der Waals surface area contributed by atoms with Gasteiger partial charge < -0.3 is 16.0 Å². The van der Waals surface area contributed by atoms with Crippen LogP contribution in [0.4, 0.5) is 0 Å². The summed E-state index contributed by atoms with van der Waals surface area (Å²) in [6.45, 7) is 1.18. The smallest absolute Gasteiger partial charge is 0.221 e. The summed E-state index contributed by atoms with van der Waals surface area (Å²) in [5.74, 6) is 0.791. The van der Waals surface area contributed by atoms with Gasteiger partial charge in [-0.2, -0.15) is 0 Å². The van der Waals surface area contributed by atoms with E-state index in [0.717, 1.165) is 18.5 Å². The third-order valence-electron chi connectivity index (χ3n) is 3.75. The maximum atomic E-state index is 11.8. The van der Waals surface area contributed by atoms with Gasteiger partial charge in [-0.25, -0.2) is 0 Å². The van der Waals surface area contributed by atoms with Crippen LogP contribution in [-0.2, 0) is 11.3 Å². The molecule has 0 bridgehead atoms. The Kier molecular flexibility index (Phi) is 6.67. The predicted molar refractivity (Wildman–Crippen MR) is 87.5 cm³/mol. The summed E-state index contributed by atoms with van der Waals surface area (Å²) in [6.07, 6.45) is 6.92. The van der Waals surface area contributed by atoms with Crippen LogP contribution in [0.2, 0.25) is 0 Å². The van der Waals surface area contributed by atoms with Gasteiger partial charge in [0, 0.05) is 32.3 Å². The minimum atomic E-state index is 0.111. The SMILES string of the molecule is CN=C(NCCC(=O)NC1CCCC1)NCc1ccccn1. The van der Waals surface area contributed by atoms with E-state index in [1.54, 1.807) is 13.2 Å². The second kappa shape index (κ2) is 9.02. The highest BCUT2D eigenvalue weighted by Gasteiger charge is 2.16. The molecular weight excluding hydrogens is 278 g/mol. The molecule has 1 aliphatic rings. The number of pyridine rings is 1. The minimum Gasteiger partial charge on any atom is -0.356 e. The number of guanidine groups is 1. The van der Waals surface area contributed by atoms with Crippen molar-refractivity contribution >= 4 is 11.9 Å². The lowest BCUT2D eigenvalue weighted by Gasteiger charge is -2.14. The van der Waals surface area contributed by atoms with Crippen LogP contribution in [0.15, 0.2) is 29.4 Å². The second-order valence-corrected chi connectivity index (χ2v) is 5.47. The maximum Gasteiger partial charge on any atom is 0.221 e. The van der Waals surface area contributed by atoms with Crippen molar-refractivity contribution in [2.45, 2.75) is 44.7 Å². The number of amides is 1. The van der Waals surface area contributed by atoms with Gasteiger partial charge in [-0.05, 0) is 25.0 Å². The Bertz CT molecular complexity index is 483. The van der Waals surface area contributed by atoms with Gasteiger partial charge in [0.15, 0.2) is 5.96 Å². The first kappa shape index (κ1) is 16.3. The molecule has 1 aromatic heterocycles. The molecule has 0 atom stereocenters. The first-order valence-electron chi connectivity index (χ1n) is 7.91. The third kappa shape index (κ3) is 5.71. The molecule has 0 radical (unpaired) electrons. The normalized spacial score (nSPS) is 15.6. The fourth-order valence-electron chi connectivity index (χ4n) is 2.56. The van der Waals surface area contributed by atoms with Gasteiger partial charge in [0.25, 0.3) is 0 Å². The lowest BCUT2D eigenvalue weighted by Crippen LogP contribution is -2.40. The monoisotopic (exact) mass is 303 g/mol. The molecule has 6 nitrogen and oxygen atoms in total. The first-order valence-corrected chi connectivity index (χ1v) is 7.91. The zero-order chi connectivity index (χ0) is 15.6. The summed E-state index contributed by atoms with van der Waals surface area (Å²) in [5, 5.41) is 9.40. The zero-order valence-electron chi connectivity index (χ0n) is 13.1. The molecule has 1 fully saturated rings. The van der Waals surface area contributed by atoms with Crippen molar-refractivity contribution in [1.29, 1.82) is 0 Å². The molecule has 0 spiro atoms. The molecule has 120 valence electrons. The van der Waals surface area contributed by atoms with Crippen LogP contribution in [0.3, 0.4) is 0 Å². The Morgan fingerprint density at radius 2 is 2.14 bits per heavy atom. The van der Waals surface area contributed by atoms with Crippen molar-refractivity contribution in [3.8, 4) is 0 Å². The van der Waals surface area contributed by atoms with Crippen LogP contribution in [0, 0.1) is 0 Å². The van der Waals surface area contributed by atoms with Gasteiger partial charge in [0.2, 0.25) is 5.91 Å². The predicted octanol–water partition coefficient (Wildman–Crippen LogP) is 1.20. The van der Waals surface area contributed by atoms with Crippen LogP contribution < -0.4 is 16.0 Å². The van der Waals surface area contributed by atoms with E-state index < -0.39 is 0 Å². The Morgan fingerprint density at radius 3 is 2.82 bits per heavy atom. The fourth-order valence-corrected chi connectivity index (χ4v) is 2.56. The number of aliphatic imine (C=N–C) groups is 1. The summed E-state index contributed by atoms with van der Waals surface area (Å²) in [7, 11) is 1.71. The lowest BCUT2D eigenvalue weighted by molar-refractivity contribution is -0.121. The highest BCUT2D eigenvalue weighted by Crippen LogP contribution is 2.17. The third-order valence-corrected chi connectivity index (χ3v) is 3.75. The average Bonchev–Trinajstić information content (AvgIpc) is 3.04. The minimum absolute atomic E-state index is 0.111. The molecule has 1 heterocycles. The van der Waals surface area contributed by atoms with Crippen LogP contribution in [0.25, 0.3) is 0 Å². The molecule has 0 aromatic carbocycles. The molecule has 1 aliphatic carbocycles. The summed E-state index contributed by atoms with van der Waals surface area (Å²) in [5.41, 5.74) is 0.949. The van der Waals surface area contributed by atoms with Crippen LogP contribution in [-0.4, -0.2) is 36.5 Å². The summed E-state index contributed by atoms with van der Waals surface area (Å²) in [6, 6.07) is 6.18. The lowest BCUT2D eigenvalue weighted by atomic mass is 10.2. The number of carbonyl (C=O) groups excluding carboxylic acids is 1. The van der Waals surface area contributed by atoms with E-state index in [-0.39, 0.29) is 5.91 Å². The van der Waals surface area contributed by atoms with E-state index in [9.17, 15) is 4.79 Å². The van der Waals surface area contributed by atoms with Crippen molar-refractivity contribution in [3.05, 3.63) is 30.1 Å². The van der Waals surface area contributed by atoms with Crippen molar-refractivity contribution in [3.63, 3.8) is 0 Å². The molecule has 22 heavy (non-hydrogen) atoms. The molecule has 1 saturated carbocycles. The summed E-state index contributed by atoms with van der Waals surface area (Å²) < 4.78 is 0. The van der Waals surface area contributed by atoms with Gasteiger partial charge in [0.1, 0.15) is 0 Å². The zero-order valence-corrected chi connectivity index (χ0v) is 13.1. The van der Waals surface area contributed by atoms with Gasteiger partial charge >= 0.3 is 0 Å². The first-order chi connectivity index (χ1) is 10.8. The van der Waals surface area contributed by atoms with Crippen LogP contribution >= 0.6 is 0 Å². The van der Waals surface area contributed by atoms with Crippen molar-refractivity contribution in [2.75, 3.05) is 13.6 Å². The number of carbonyl (C=O) groups is 1. The van der Waals surface area contributed by atoms with E-state index in [0.29, 0.717) is 31.5 Å². The van der Waals surface area contributed by atoms with E-state index in [1.807, 2.05) is 18.2 Å². The van der Waals surface area contributed by atoms with E-state index >= 15 is 0 Å². The van der Waals surface area contributed by atoms with Crippen molar-refractivity contribution in [2.24, 2.45) is 4.99 Å². The quantitative estimate of drug-likeness (QED) is 0.545. The molecule has 2 rings (SSSR count). The number of hydrogen-bond donors (Lipinski definition) is 3. The molecule has 0 saturated heterocycles. The summed E-state index contributed by atoms with van der Waals surface area (Å²) in [4.78, 5) is 20.2. The highest BCUT2D eigenvalue weighted by molar-refractivity contribution is 5.81. The molecule has 6 heteroatoms. The van der Waals surface area contributed by atoms with Crippen LogP contribution in [0.5, 0.6) is 0 Å². The largest absolute Gasteiger partial charge is 0.356 e. The number of nitrogens with one attached hydrogen (secondary N) is 3. The van der Waals surface area contributed by atoms with Crippen molar-refractivity contribution in [1.82, 2.24) is 20.9 Å². The van der Waals surface area contributed by atoms with Crippen LogP contribution in [0.1, 0.15) is 37.8 Å². The topological polar surface area (TPSA) is 78.4 Å². The highest BCUT2D eigenvalue weighted by atomic mass is 16.1. The van der Waals surface area contributed by atoms with E-state index in [4.69, 9.17) is 0 Å². The number of rotatable bonds is 6. The van der Waals surface area contributed by atoms with Gasteiger partial charge in [0.05, 0.1) is 12.2 Å². The Labute approximate surface area is 131 Å². The van der Waals surface area contributed by atoms with Gasteiger partial charge in [-0.1, -0.05) is 18.9 Å². The Hall–Kier alpha value is -2.11. The Morgan fingerprint density at radius 1 is 1.32 bits per heavy atom. The fraction of sp³-hybridized carbons (Fsp3) is 0.562. The van der Waals surface area contributed by atoms with E-state index in [1.165, 1.54) is 12.8 Å². The summed E-state index contributed by atoms with van der Waals surface area (Å²) >= 11 is 0. The van der Waals surface area contributed by atoms with E-state index in [2.05, 4.69) is 25.9 Å². The molecule has 3 N–H and O–H groups in total. The molecule has 0 aliphatic heterocycles. The molecule has 1 amide bonds. The van der Waals surface area contributed by atoms with Crippen molar-refractivity contribution < 1.29 is 4.79 Å². The molecular formula is C16H25N5O. The Balaban J connectivity index is 1.62.